The molecule has 6 nitrogen and oxygen atoms in total. The molecule has 0 aliphatic carbocycles. The molecule has 1 aromatic carbocycles. The predicted molar refractivity (Wildman–Crippen MR) is 103 cm³/mol. The maximum absolute atomic E-state index is 9.66. The molecule has 0 radical (unpaired) electrons. The highest BCUT2D eigenvalue weighted by molar-refractivity contribution is 7.98. The van der Waals surface area contributed by atoms with Crippen molar-refractivity contribution in [3.63, 3.8) is 0 Å². The van der Waals surface area contributed by atoms with E-state index in [4.69, 9.17) is 10.5 Å². The van der Waals surface area contributed by atoms with E-state index in [1.165, 1.54) is 5.56 Å². The number of nitrogens with zero attached hydrogens (tertiary/aromatic N) is 3. The van der Waals surface area contributed by atoms with E-state index in [2.05, 4.69) is 52.4 Å². The number of thioether (sulfide) groups is 1. The van der Waals surface area contributed by atoms with Crippen molar-refractivity contribution in [3.05, 3.63) is 82.6 Å². The molecule has 2 aromatic heterocycles. The fourth-order valence-electron chi connectivity index (χ4n) is 3.10. The number of aromatic amines is 1. The number of ether oxygens (including phenoxy) is 1. The Morgan fingerprint density at radius 3 is 2.67 bits per heavy atom. The lowest BCUT2D eigenvalue weighted by Gasteiger charge is -2.23. The molecule has 27 heavy (non-hydrogen) atoms. The van der Waals surface area contributed by atoms with Crippen molar-refractivity contribution in [2.24, 2.45) is 5.73 Å². The van der Waals surface area contributed by atoms with Crippen LogP contribution in [-0.4, -0.2) is 15.2 Å². The second-order valence-electron chi connectivity index (χ2n) is 6.23. The molecule has 3 N–H and O–H groups in total. The van der Waals surface area contributed by atoms with Gasteiger partial charge in [-0.1, -0.05) is 17.7 Å². The van der Waals surface area contributed by atoms with Gasteiger partial charge in [-0.3, -0.25) is 10.1 Å². The molecule has 3 heterocycles. The van der Waals surface area contributed by atoms with Gasteiger partial charge in [-0.05, 0) is 36.8 Å². The van der Waals surface area contributed by atoms with Crippen molar-refractivity contribution in [1.82, 2.24) is 15.2 Å². The second-order valence-corrected chi connectivity index (χ2v) is 7.28. The fourth-order valence-corrected chi connectivity index (χ4v) is 3.96. The van der Waals surface area contributed by atoms with Crippen molar-refractivity contribution in [2.45, 2.75) is 23.5 Å². The number of hydrogen-bond donors (Lipinski definition) is 2. The zero-order valence-corrected chi connectivity index (χ0v) is 15.5. The number of hydrogen-bond acceptors (Lipinski definition) is 6. The molecule has 3 aromatic rings. The van der Waals surface area contributed by atoms with Gasteiger partial charge in [0, 0.05) is 23.0 Å². The molecule has 4 rings (SSSR count). The quantitative estimate of drug-likeness (QED) is 0.676. The van der Waals surface area contributed by atoms with Gasteiger partial charge in [-0.25, -0.2) is 0 Å². The first-order valence-electron chi connectivity index (χ1n) is 8.41. The molecule has 0 fully saturated rings. The highest BCUT2D eigenvalue weighted by Gasteiger charge is 2.35. The monoisotopic (exact) mass is 375 g/mol. The summed E-state index contributed by atoms with van der Waals surface area (Å²) < 4.78 is 5.60. The van der Waals surface area contributed by atoms with Crippen LogP contribution in [0.5, 0.6) is 5.88 Å². The summed E-state index contributed by atoms with van der Waals surface area (Å²) in [6, 6.07) is 14.3. The summed E-state index contributed by atoms with van der Waals surface area (Å²) in [7, 11) is 0. The van der Waals surface area contributed by atoms with Crippen molar-refractivity contribution >= 4 is 11.8 Å². The lowest BCUT2D eigenvalue weighted by atomic mass is 9.85. The SMILES string of the molecule is Cc1ccc(SCc2[nH]nc3c2[C@@H](c2ccncc2)C(C#N)=C(N)O3)cc1. The Morgan fingerprint density at radius 1 is 1.22 bits per heavy atom. The Morgan fingerprint density at radius 2 is 1.96 bits per heavy atom. The minimum Gasteiger partial charge on any atom is -0.420 e. The van der Waals surface area contributed by atoms with Crippen LogP contribution in [0, 0.1) is 18.3 Å². The number of allylic oxidation sites excluding steroid dienone is 1. The maximum Gasteiger partial charge on any atom is 0.244 e. The topological polar surface area (TPSA) is 101 Å². The van der Waals surface area contributed by atoms with Crippen LogP contribution in [0.3, 0.4) is 0 Å². The minimum absolute atomic E-state index is 0.0936. The van der Waals surface area contributed by atoms with Crippen molar-refractivity contribution in [1.29, 1.82) is 5.26 Å². The average molecular weight is 375 g/mol. The molecule has 0 spiro atoms. The fraction of sp³-hybridized carbons (Fsp3) is 0.150. The number of aromatic nitrogens is 3. The zero-order valence-electron chi connectivity index (χ0n) is 14.6. The van der Waals surface area contributed by atoms with Crippen LogP contribution in [0.15, 0.2) is 65.1 Å². The summed E-state index contributed by atoms with van der Waals surface area (Å²) in [5.41, 5.74) is 10.3. The zero-order chi connectivity index (χ0) is 18.8. The number of benzene rings is 1. The van der Waals surface area contributed by atoms with E-state index in [-0.39, 0.29) is 11.8 Å². The Balaban J connectivity index is 1.71. The molecular weight excluding hydrogens is 358 g/mol. The maximum atomic E-state index is 9.66. The second kappa shape index (κ2) is 7.17. The van der Waals surface area contributed by atoms with E-state index < -0.39 is 0 Å². The summed E-state index contributed by atoms with van der Waals surface area (Å²) in [5.74, 6) is 0.868. The van der Waals surface area contributed by atoms with Crippen LogP contribution in [0.2, 0.25) is 0 Å². The van der Waals surface area contributed by atoms with Crippen molar-refractivity contribution < 1.29 is 4.74 Å². The third-order valence-corrected chi connectivity index (χ3v) is 5.50. The minimum atomic E-state index is -0.325. The summed E-state index contributed by atoms with van der Waals surface area (Å²) in [4.78, 5) is 5.23. The lowest BCUT2D eigenvalue weighted by molar-refractivity contribution is 0.378. The highest BCUT2D eigenvalue weighted by Crippen LogP contribution is 2.43. The smallest absolute Gasteiger partial charge is 0.244 e. The van der Waals surface area contributed by atoms with Gasteiger partial charge in [0.15, 0.2) is 0 Å². The number of nitrogens with one attached hydrogen (secondary N) is 1. The number of H-pyrrole nitrogens is 1. The van der Waals surface area contributed by atoms with Crippen molar-refractivity contribution in [3.8, 4) is 11.9 Å². The predicted octanol–water partition coefficient (Wildman–Crippen LogP) is 3.62. The van der Waals surface area contributed by atoms with E-state index >= 15 is 0 Å². The summed E-state index contributed by atoms with van der Waals surface area (Å²) >= 11 is 1.70. The number of nitrogens with two attached hydrogens (primary N) is 1. The number of fused-ring (bicyclic) bond motifs is 1. The van der Waals surface area contributed by atoms with E-state index in [1.54, 1.807) is 24.2 Å². The van der Waals surface area contributed by atoms with Crippen LogP contribution in [0.1, 0.15) is 28.3 Å². The molecule has 0 bridgehead atoms. The molecule has 0 saturated carbocycles. The van der Waals surface area contributed by atoms with Gasteiger partial charge in [-0.15, -0.1) is 16.9 Å². The number of pyridine rings is 1. The Bertz CT molecular complexity index is 1030. The van der Waals surface area contributed by atoms with Crippen LogP contribution < -0.4 is 10.5 Å². The molecule has 0 saturated heterocycles. The first-order valence-corrected chi connectivity index (χ1v) is 9.40. The molecule has 1 atom stereocenters. The number of nitriles is 1. The number of rotatable bonds is 4. The van der Waals surface area contributed by atoms with Crippen molar-refractivity contribution in [2.75, 3.05) is 0 Å². The third-order valence-electron chi connectivity index (χ3n) is 4.46. The first-order chi connectivity index (χ1) is 13.2. The third kappa shape index (κ3) is 3.27. The van der Waals surface area contributed by atoms with Gasteiger partial charge in [0.1, 0.15) is 11.6 Å². The molecule has 134 valence electrons. The Labute approximate surface area is 161 Å². The van der Waals surface area contributed by atoms with Gasteiger partial charge in [0.25, 0.3) is 0 Å². The van der Waals surface area contributed by atoms with E-state index in [0.29, 0.717) is 17.2 Å². The standard InChI is InChI=1S/C20H17N5OS/c1-12-2-4-14(5-3-12)27-11-16-18-17(13-6-8-23-9-7-13)15(10-21)19(22)26-20(18)25-24-16/h2-9,17H,11,22H2,1H3,(H,24,25)/t17-/m0/s1. The molecule has 0 amide bonds. The molecular formula is C20H17N5OS. The average Bonchev–Trinajstić information content (AvgIpc) is 3.09. The van der Waals surface area contributed by atoms with Gasteiger partial charge in [0.05, 0.1) is 17.2 Å². The Hall–Kier alpha value is -3.24. The van der Waals surface area contributed by atoms with E-state index in [0.717, 1.165) is 21.7 Å². The van der Waals surface area contributed by atoms with Crippen LogP contribution >= 0.6 is 11.8 Å². The van der Waals surface area contributed by atoms with E-state index in [1.807, 2.05) is 12.1 Å². The Kier molecular flexibility index (Phi) is 4.57. The van der Waals surface area contributed by atoms with Gasteiger partial charge >= 0.3 is 0 Å². The molecule has 7 heteroatoms. The lowest BCUT2D eigenvalue weighted by Crippen LogP contribution is -2.21. The molecule has 1 aliphatic rings. The van der Waals surface area contributed by atoms with Gasteiger partial charge < -0.3 is 10.5 Å². The normalized spacial score (nSPS) is 15.8. The van der Waals surface area contributed by atoms with Crippen LogP contribution in [0.4, 0.5) is 0 Å². The molecule has 1 aliphatic heterocycles. The largest absolute Gasteiger partial charge is 0.420 e. The summed E-state index contributed by atoms with van der Waals surface area (Å²) in [6.07, 6.45) is 3.41. The van der Waals surface area contributed by atoms with E-state index in [9.17, 15) is 5.26 Å². The summed E-state index contributed by atoms with van der Waals surface area (Å²) in [6.45, 7) is 2.07. The van der Waals surface area contributed by atoms with Gasteiger partial charge in [-0.2, -0.15) is 5.26 Å². The number of aryl methyl sites for hydroxylation is 1. The van der Waals surface area contributed by atoms with Crippen LogP contribution in [0.25, 0.3) is 0 Å². The van der Waals surface area contributed by atoms with Gasteiger partial charge in [0.2, 0.25) is 11.8 Å². The first kappa shape index (κ1) is 17.2. The summed E-state index contributed by atoms with van der Waals surface area (Å²) in [5, 5.41) is 17.0. The van der Waals surface area contributed by atoms with Crippen LogP contribution in [-0.2, 0) is 5.75 Å². The highest BCUT2D eigenvalue weighted by atomic mass is 32.2. The molecule has 0 unspecified atom stereocenters.